The molecule has 0 spiro atoms. The van der Waals surface area contributed by atoms with E-state index >= 15 is 0 Å². The second-order valence-electron chi connectivity index (χ2n) is 4.94. The van der Waals surface area contributed by atoms with Gasteiger partial charge < -0.3 is 10.0 Å². The molecule has 0 radical (unpaired) electrons. The lowest BCUT2D eigenvalue weighted by Crippen LogP contribution is -2.34. The van der Waals surface area contributed by atoms with Gasteiger partial charge >= 0.3 is 0 Å². The van der Waals surface area contributed by atoms with E-state index in [0.29, 0.717) is 12.5 Å². The lowest BCUT2D eigenvalue weighted by molar-refractivity contribution is 0.203. The highest BCUT2D eigenvalue weighted by Crippen LogP contribution is 2.33. The average Bonchev–Trinajstić information content (AvgIpc) is 2.90. The van der Waals surface area contributed by atoms with Gasteiger partial charge in [0.05, 0.1) is 10.2 Å². The molecule has 102 valence electrons. The maximum absolute atomic E-state index is 9.19. The molecule has 2 aromatic rings. The van der Waals surface area contributed by atoms with Gasteiger partial charge in [-0.15, -0.1) is 11.8 Å². The zero-order chi connectivity index (χ0) is 13.2. The molecule has 1 aliphatic heterocycles. The van der Waals surface area contributed by atoms with Crippen LogP contribution < -0.4 is 4.90 Å². The quantitative estimate of drug-likeness (QED) is 0.882. The van der Waals surface area contributed by atoms with E-state index in [0.717, 1.165) is 36.6 Å². The first-order chi connectivity index (χ1) is 9.30. The van der Waals surface area contributed by atoms with Crippen LogP contribution in [0.25, 0.3) is 10.2 Å². The van der Waals surface area contributed by atoms with Crippen molar-refractivity contribution in [2.45, 2.75) is 17.7 Å². The minimum Gasteiger partial charge on any atom is -0.396 e. The highest BCUT2D eigenvalue weighted by atomic mass is 32.2. The lowest BCUT2D eigenvalue weighted by Gasteiger charge is -2.30. The summed E-state index contributed by atoms with van der Waals surface area (Å²) in [6, 6.07) is 6.47. The van der Waals surface area contributed by atoms with Gasteiger partial charge in [0.25, 0.3) is 0 Å². The Balaban J connectivity index is 1.81. The predicted molar refractivity (Wildman–Crippen MR) is 83.4 cm³/mol. The Morgan fingerprint density at radius 2 is 2.21 bits per heavy atom. The molecule has 1 saturated heterocycles. The second-order valence-corrected chi connectivity index (χ2v) is 6.83. The van der Waals surface area contributed by atoms with Gasteiger partial charge in [0.2, 0.25) is 0 Å². The Bertz CT molecular complexity index is 562. The Morgan fingerprint density at radius 3 is 2.89 bits per heavy atom. The second kappa shape index (κ2) is 5.69. The Kier molecular flexibility index (Phi) is 3.96. The molecule has 1 aromatic heterocycles. The number of hydrogen-bond acceptors (Lipinski definition) is 5. The summed E-state index contributed by atoms with van der Waals surface area (Å²) >= 11 is 3.55. The van der Waals surface area contributed by atoms with Gasteiger partial charge in [-0.25, -0.2) is 4.98 Å². The van der Waals surface area contributed by atoms with E-state index in [2.05, 4.69) is 29.4 Å². The van der Waals surface area contributed by atoms with Crippen molar-refractivity contribution < 1.29 is 5.11 Å². The average molecular weight is 294 g/mol. The van der Waals surface area contributed by atoms with Crippen LogP contribution in [0.5, 0.6) is 0 Å². The number of nitrogens with zero attached hydrogens (tertiary/aromatic N) is 2. The van der Waals surface area contributed by atoms with E-state index in [1.807, 2.05) is 0 Å². The Morgan fingerprint density at radius 1 is 1.42 bits per heavy atom. The van der Waals surface area contributed by atoms with Crippen molar-refractivity contribution in [3.05, 3.63) is 18.2 Å². The third kappa shape index (κ3) is 2.73. The molecule has 1 aliphatic rings. The first kappa shape index (κ1) is 13.2. The lowest BCUT2D eigenvalue weighted by atomic mass is 9.98. The smallest absolute Gasteiger partial charge is 0.186 e. The molecular formula is C14H18N2OS2. The van der Waals surface area contributed by atoms with Crippen LogP contribution in [0, 0.1) is 5.92 Å². The van der Waals surface area contributed by atoms with Gasteiger partial charge in [0.15, 0.2) is 5.13 Å². The topological polar surface area (TPSA) is 36.4 Å². The number of fused-ring (bicyclic) bond motifs is 1. The van der Waals surface area contributed by atoms with Crippen LogP contribution >= 0.6 is 23.1 Å². The van der Waals surface area contributed by atoms with Crippen molar-refractivity contribution in [3.63, 3.8) is 0 Å². The van der Waals surface area contributed by atoms with Crippen LogP contribution in [-0.4, -0.2) is 36.0 Å². The summed E-state index contributed by atoms with van der Waals surface area (Å²) in [5.74, 6) is 0.480. The van der Waals surface area contributed by atoms with Gasteiger partial charge in [-0.3, -0.25) is 0 Å². The van der Waals surface area contributed by atoms with Crippen LogP contribution in [0.1, 0.15) is 12.8 Å². The van der Waals surface area contributed by atoms with Crippen LogP contribution in [0.3, 0.4) is 0 Å². The zero-order valence-electron chi connectivity index (χ0n) is 11.0. The third-order valence-corrected chi connectivity index (χ3v) is 5.53. The van der Waals surface area contributed by atoms with Crippen molar-refractivity contribution in [3.8, 4) is 0 Å². The molecule has 0 atom stereocenters. The van der Waals surface area contributed by atoms with Crippen molar-refractivity contribution >= 4 is 38.4 Å². The molecule has 5 heteroatoms. The van der Waals surface area contributed by atoms with Crippen LogP contribution in [0.15, 0.2) is 23.1 Å². The molecule has 2 heterocycles. The minimum absolute atomic E-state index is 0.324. The number of thioether (sulfide) groups is 1. The summed E-state index contributed by atoms with van der Waals surface area (Å²) in [4.78, 5) is 8.39. The number of aliphatic hydroxyl groups is 1. The zero-order valence-corrected chi connectivity index (χ0v) is 12.6. The molecular weight excluding hydrogens is 276 g/mol. The van der Waals surface area contributed by atoms with E-state index in [-0.39, 0.29) is 0 Å². The summed E-state index contributed by atoms with van der Waals surface area (Å²) < 4.78 is 1.27. The molecule has 0 saturated carbocycles. The summed E-state index contributed by atoms with van der Waals surface area (Å²) in [7, 11) is 0. The van der Waals surface area contributed by atoms with Crippen molar-refractivity contribution in [2.24, 2.45) is 5.92 Å². The van der Waals surface area contributed by atoms with E-state index in [1.54, 1.807) is 23.1 Å². The fourth-order valence-electron chi connectivity index (χ4n) is 2.46. The summed E-state index contributed by atoms with van der Waals surface area (Å²) in [5, 5.41) is 10.3. The highest BCUT2D eigenvalue weighted by Gasteiger charge is 2.20. The minimum atomic E-state index is 0.324. The third-order valence-electron chi connectivity index (χ3n) is 3.73. The number of piperidine rings is 1. The van der Waals surface area contributed by atoms with Crippen LogP contribution in [-0.2, 0) is 0 Å². The number of rotatable bonds is 3. The fourth-order valence-corrected chi connectivity index (χ4v) is 4.03. The number of aliphatic hydroxyl groups excluding tert-OH is 1. The Labute approximate surface area is 121 Å². The molecule has 1 aromatic carbocycles. The van der Waals surface area contributed by atoms with Gasteiger partial charge in [0.1, 0.15) is 0 Å². The van der Waals surface area contributed by atoms with E-state index in [9.17, 15) is 5.11 Å². The monoisotopic (exact) mass is 294 g/mol. The first-order valence-electron chi connectivity index (χ1n) is 6.60. The van der Waals surface area contributed by atoms with Crippen molar-refractivity contribution in [2.75, 3.05) is 30.9 Å². The molecule has 0 aliphatic carbocycles. The maximum Gasteiger partial charge on any atom is 0.186 e. The highest BCUT2D eigenvalue weighted by molar-refractivity contribution is 7.98. The normalized spacial score (nSPS) is 17.3. The molecule has 0 amide bonds. The Hall–Kier alpha value is -0.780. The summed E-state index contributed by atoms with van der Waals surface area (Å²) in [5.41, 5.74) is 1.10. The molecule has 3 nitrogen and oxygen atoms in total. The summed E-state index contributed by atoms with van der Waals surface area (Å²) in [6.45, 7) is 2.35. The standard InChI is InChI=1S/C14H18N2OS2/c1-18-11-2-3-12-13(8-11)19-14(15-12)16-6-4-10(9-17)5-7-16/h2-3,8,10,17H,4-7,9H2,1H3. The number of aromatic nitrogens is 1. The van der Waals surface area contributed by atoms with Crippen LogP contribution in [0.4, 0.5) is 5.13 Å². The van der Waals surface area contributed by atoms with Gasteiger partial charge in [-0.1, -0.05) is 11.3 Å². The van der Waals surface area contributed by atoms with Gasteiger partial charge in [0, 0.05) is 24.6 Å². The molecule has 0 bridgehead atoms. The van der Waals surface area contributed by atoms with Crippen LogP contribution in [0.2, 0.25) is 0 Å². The van der Waals surface area contributed by atoms with Gasteiger partial charge in [-0.05, 0) is 43.2 Å². The predicted octanol–water partition coefficient (Wildman–Crippen LogP) is 3.23. The first-order valence-corrected chi connectivity index (χ1v) is 8.64. The van der Waals surface area contributed by atoms with Gasteiger partial charge in [-0.2, -0.15) is 0 Å². The molecule has 1 fully saturated rings. The number of thiazole rings is 1. The van der Waals surface area contributed by atoms with E-state index in [1.165, 1.54) is 9.60 Å². The fraction of sp³-hybridized carbons (Fsp3) is 0.500. The number of anilines is 1. The van der Waals surface area contributed by atoms with Crippen molar-refractivity contribution in [1.29, 1.82) is 0 Å². The number of hydrogen-bond donors (Lipinski definition) is 1. The molecule has 0 unspecified atom stereocenters. The molecule has 3 rings (SSSR count). The number of benzene rings is 1. The van der Waals surface area contributed by atoms with Crippen molar-refractivity contribution in [1.82, 2.24) is 4.98 Å². The van der Waals surface area contributed by atoms with E-state index < -0.39 is 0 Å². The maximum atomic E-state index is 9.19. The SMILES string of the molecule is CSc1ccc2nc(N3CCC(CO)CC3)sc2c1. The molecule has 19 heavy (non-hydrogen) atoms. The summed E-state index contributed by atoms with van der Waals surface area (Å²) in [6.07, 6.45) is 4.24. The van der Waals surface area contributed by atoms with E-state index in [4.69, 9.17) is 4.98 Å². The largest absolute Gasteiger partial charge is 0.396 e. The molecule has 1 N–H and O–H groups in total.